The Labute approximate surface area is 128 Å². The standard InChI is InChI=1S/C14H18ClN5O/c1-3-6-10(2)16-13(21)9-20-18-14(17-19-20)11-7-4-5-8-12(11)15/h4-5,7-8,10H,3,6,9H2,1-2H3,(H,16,21)/t10-/m1/s1. The zero-order chi connectivity index (χ0) is 15.2. The maximum absolute atomic E-state index is 11.8. The molecule has 1 aromatic carbocycles. The van der Waals surface area contributed by atoms with Crippen molar-refractivity contribution < 1.29 is 4.79 Å². The van der Waals surface area contributed by atoms with E-state index in [0.717, 1.165) is 12.8 Å². The molecule has 1 N–H and O–H groups in total. The fourth-order valence-electron chi connectivity index (χ4n) is 2.01. The molecule has 2 rings (SSSR count). The minimum Gasteiger partial charge on any atom is -0.352 e. The first-order valence-electron chi connectivity index (χ1n) is 6.92. The van der Waals surface area contributed by atoms with E-state index >= 15 is 0 Å². The molecular weight excluding hydrogens is 290 g/mol. The van der Waals surface area contributed by atoms with Gasteiger partial charge in [0.25, 0.3) is 0 Å². The average Bonchev–Trinajstić information content (AvgIpc) is 2.87. The summed E-state index contributed by atoms with van der Waals surface area (Å²) in [6.45, 7) is 4.11. The van der Waals surface area contributed by atoms with Crippen LogP contribution >= 0.6 is 11.6 Å². The van der Waals surface area contributed by atoms with Crippen LogP contribution < -0.4 is 5.32 Å². The van der Waals surface area contributed by atoms with Gasteiger partial charge in [0.05, 0.1) is 5.02 Å². The van der Waals surface area contributed by atoms with Crippen LogP contribution in [-0.4, -0.2) is 32.2 Å². The van der Waals surface area contributed by atoms with Gasteiger partial charge in [-0.2, -0.15) is 4.80 Å². The number of nitrogens with one attached hydrogen (secondary N) is 1. The highest BCUT2D eigenvalue weighted by atomic mass is 35.5. The van der Waals surface area contributed by atoms with Crippen LogP contribution in [-0.2, 0) is 11.3 Å². The molecule has 0 aliphatic rings. The number of hydrogen-bond acceptors (Lipinski definition) is 4. The fraction of sp³-hybridized carbons (Fsp3) is 0.429. The van der Waals surface area contributed by atoms with Gasteiger partial charge in [0, 0.05) is 11.6 Å². The predicted octanol–water partition coefficient (Wildman–Crippen LogP) is 2.30. The molecule has 1 atom stereocenters. The molecule has 0 aliphatic carbocycles. The van der Waals surface area contributed by atoms with Gasteiger partial charge in [-0.3, -0.25) is 4.79 Å². The Kier molecular flexibility index (Phi) is 5.27. The number of halogens is 1. The quantitative estimate of drug-likeness (QED) is 0.888. The average molecular weight is 308 g/mol. The lowest BCUT2D eigenvalue weighted by molar-refractivity contribution is -0.122. The lowest BCUT2D eigenvalue weighted by atomic mass is 10.2. The summed E-state index contributed by atoms with van der Waals surface area (Å²) in [4.78, 5) is 13.1. The fourth-order valence-corrected chi connectivity index (χ4v) is 2.23. The van der Waals surface area contributed by atoms with Crippen LogP contribution in [0.25, 0.3) is 11.4 Å². The molecule has 0 aliphatic heterocycles. The van der Waals surface area contributed by atoms with Crippen molar-refractivity contribution in [1.29, 1.82) is 0 Å². The van der Waals surface area contributed by atoms with Crippen LogP contribution in [0.1, 0.15) is 26.7 Å². The Bertz CT molecular complexity index is 613. The second-order valence-corrected chi connectivity index (χ2v) is 5.29. The van der Waals surface area contributed by atoms with Crippen LogP contribution in [0.15, 0.2) is 24.3 Å². The smallest absolute Gasteiger partial charge is 0.243 e. The molecule has 6 nitrogen and oxygen atoms in total. The van der Waals surface area contributed by atoms with Gasteiger partial charge in [0.2, 0.25) is 11.7 Å². The van der Waals surface area contributed by atoms with E-state index in [1.807, 2.05) is 25.1 Å². The van der Waals surface area contributed by atoms with Gasteiger partial charge in [-0.15, -0.1) is 10.2 Å². The molecule has 2 aromatic rings. The third kappa shape index (κ3) is 4.26. The van der Waals surface area contributed by atoms with Crippen molar-refractivity contribution in [2.75, 3.05) is 0 Å². The zero-order valence-corrected chi connectivity index (χ0v) is 12.8. The lowest BCUT2D eigenvalue weighted by Crippen LogP contribution is -2.35. The summed E-state index contributed by atoms with van der Waals surface area (Å²) in [5.74, 6) is 0.286. The number of carbonyl (C=O) groups is 1. The molecule has 0 fully saturated rings. The van der Waals surface area contributed by atoms with Crippen molar-refractivity contribution in [3.05, 3.63) is 29.3 Å². The van der Waals surface area contributed by atoms with E-state index < -0.39 is 0 Å². The highest BCUT2D eigenvalue weighted by Gasteiger charge is 2.12. The molecule has 0 radical (unpaired) electrons. The number of benzene rings is 1. The highest BCUT2D eigenvalue weighted by Crippen LogP contribution is 2.23. The minimum atomic E-state index is -0.126. The lowest BCUT2D eigenvalue weighted by Gasteiger charge is -2.11. The van der Waals surface area contributed by atoms with Gasteiger partial charge >= 0.3 is 0 Å². The second-order valence-electron chi connectivity index (χ2n) is 4.88. The van der Waals surface area contributed by atoms with Crippen molar-refractivity contribution in [2.45, 2.75) is 39.3 Å². The van der Waals surface area contributed by atoms with E-state index in [9.17, 15) is 4.79 Å². The van der Waals surface area contributed by atoms with E-state index in [2.05, 4.69) is 27.7 Å². The monoisotopic (exact) mass is 307 g/mol. The van der Waals surface area contributed by atoms with Crippen LogP contribution in [0.5, 0.6) is 0 Å². The number of carbonyl (C=O) groups excluding carboxylic acids is 1. The topological polar surface area (TPSA) is 72.7 Å². The summed E-state index contributed by atoms with van der Waals surface area (Å²) in [7, 11) is 0. The van der Waals surface area contributed by atoms with E-state index in [0.29, 0.717) is 16.4 Å². The highest BCUT2D eigenvalue weighted by molar-refractivity contribution is 6.33. The van der Waals surface area contributed by atoms with Gasteiger partial charge in [0.1, 0.15) is 6.54 Å². The third-order valence-corrected chi connectivity index (χ3v) is 3.31. The predicted molar refractivity (Wildman–Crippen MR) is 80.8 cm³/mol. The number of nitrogens with zero attached hydrogens (tertiary/aromatic N) is 4. The van der Waals surface area contributed by atoms with Gasteiger partial charge < -0.3 is 5.32 Å². The number of aromatic nitrogens is 4. The van der Waals surface area contributed by atoms with Crippen LogP contribution in [0, 0.1) is 0 Å². The van der Waals surface area contributed by atoms with Crippen molar-refractivity contribution in [2.24, 2.45) is 0 Å². The van der Waals surface area contributed by atoms with E-state index in [1.54, 1.807) is 6.07 Å². The zero-order valence-electron chi connectivity index (χ0n) is 12.1. The Balaban J connectivity index is 2.01. The van der Waals surface area contributed by atoms with Crippen molar-refractivity contribution in [3.8, 4) is 11.4 Å². The summed E-state index contributed by atoms with van der Waals surface area (Å²) in [5, 5.41) is 15.4. The number of amides is 1. The molecule has 0 spiro atoms. The van der Waals surface area contributed by atoms with Crippen LogP contribution in [0.3, 0.4) is 0 Å². The number of hydrogen-bond donors (Lipinski definition) is 1. The van der Waals surface area contributed by atoms with Crippen LogP contribution in [0.2, 0.25) is 5.02 Å². The molecule has 0 bridgehead atoms. The first kappa shape index (κ1) is 15.4. The second kappa shape index (κ2) is 7.17. The van der Waals surface area contributed by atoms with E-state index in [1.165, 1.54) is 4.80 Å². The Morgan fingerprint density at radius 2 is 2.19 bits per heavy atom. The SMILES string of the molecule is CCC[C@@H](C)NC(=O)Cn1nnc(-c2ccccc2Cl)n1. The number of rotatable bonds is 6. The van der Waals surface area contributed by atoms with Gasteiger partial charge in [-0.05, 0) is 30.7 Å². The Morgan fingerprint density at radius 1 is 1.43 bits per heavy atom. The van der Waals surface area contributed by atoms with Crippen LogP contribution in [0.4, 0.5) is 0 Å². The van der Waals surface area contributed by atoms with Gasteiger partial charge in [-0.1, -0.05) is 37.1 Å². The van der Waals surface area contributed by atoms with Crippen molar-refractivity contribution in [3.63, 3.8) is 0 Å². The molecular formula is C14H18ClN5O. The largest absolute Gasteiger partial charge is 0.352 e. The molecule has 1 aromatic heterocycles. The van der Waals surface area contributed by atoms with Crippen molar-refractivity contribution >= 4 is 17.5 Å². The Hall–Kier alpha value is -1.95. The molecule has 1 amide bonds. The number of tetrazole rings is 1. The first-order chi connectivity index (χ1) is 10.1. The van der Waals surface area contributed by atoms with Gasteiger partial charge in [0.15, 0.2) is 0 Å². The van der Waals surface area contributed by atoms with E-state index in [4.69, 9.17) is 11.6 Å². The van der Waals surface area contributed by atoms with Gasteiger partial charge in [-0.25, -0.2) is 0 Å². The molecule has 0 saturated carbocycles. The molecule has 21 heavy (non-hydrogen) atoms. The molecule has 112 valence electrons. The summed E-state index contributed by atoms with van der Waals surface area (Å²) in [6.07, 6.45) is 1.97. The Morgan fingerprint density at radius 3 is 2.90 bits per heavy atom. The first-order valence-corrected chi connectivity index (χ1v) is 7.30. The summed E-state index contributed by atoms with van der Waals surface area (Å²) in [5.41, 5.74) is 0.699. The molecule has 0 saturated heterocycles. The minimum absolute atomic E-state index is 0.0471. The summed E-state index contributed by atoms with van der Waals surface area (Å²) >= 11 is 6.08. The normalized spacial score (nSPS) is 12.1. The summed E-state index contributed by atoms with van der Waals surface area (Å²) < 4.78 is 0. The maximum atomic E-state index is 11.8. The molecule has 1 heterocycles. The van der Waals surface area contributed by atoms with Crippen molar-refractivity contribution in [1.82, 2.24) is 25.5 Å². The summed E-state index contributed by atoms with van der Waals surface area (Å²) in [6, 6.07) is 7.40. The third-order valence-electron chi connectivity index (χ3n) is 2.98. The molecule has 0 unspecified atom stereocenters. The molecule has 7 heteroatoms. The maximum Gasteiger partial charge on any atom is 0.243 e. The van der Waals surface area contributed by atoms with E-state index in [-0.39, 0.29) is 18.5 Å².